The molecule has 0 radical (unpaired) electrons. The molecule has 0 N–H and O–H groups in total. The summed E-state index contributed by atoms with van der Waals surface area (Å²) >= 11 is 0. The van der Waals surface area contributed by atoms with Gasteiger partial charge in [-0.15, -0.1) is 13.2 Å². The van der Waals surface area contributed by atoms with Gasteiger partial charge in [-0.25, -0.2) is 18.1 Å². The van der Waals surface area contributed by atoms with Crippen LogP contribution in [0.5, 0.6) is 5.75 Å². The van der Waals surface area contributed by atoms with Crippen molar-refractivity contribution >= 4 is 33.3 Å². The van der Waals surface area contributed by atoms with Crippen LogP contribution in [-0.4, -0.2) is 45.4 Å². The molecule has 8 nitrogen and oxygen atoms in total. The Balaban J connectivity index is 2.78. The molecule has 2 rings (SSSR count). The molecule has 36 heavy (non-hydrogen) atoms. The summed E-state index contributed by atoms with van der Waals surface area (Å²) in [5.74, 6) is -5.52. The molecule has 0 fully saturated rings. The number of hydrogen-bond donors (Lipinski definition) is 0. The van der Waals surface area contributed by atoms with Crippen molar-refractivity contribution in [3.05, 3.63) is 53.1 Å². The van der Waals surface area contributed by atoms with Crippen LogP contribution in [-0.2, 0) is 25.5 Å². The van der Waals surface area contributed by atoms with Gasteiger partial charge in [0.25, 0.3) is 5.91 Å². The third-order valence-corrected chi connectivity index (χ3v) is 6.39. The molecule has 0 aliphatic heterocycles. The average molecular weight is 541 g/mol. The molecule has 0 unspecified atom stereocenters. The van der Waals surface area contributed by atoms with E-state index in [1.807, 2.05) is 0 Å². The molecule has 2 amide bonds. The summed E-state index contributed by atoms with van der Waals surface area (Å²) in [6.07, 6.45) is -10.1. The zero-order valence-electron chi connectivity index (χ0n) is 18.7. The maximum atomic E-state index is 13.3. The van der Waals surface area contributed by atoms with Crippen LogP contribution in [0.1, 0.15) is 40.1 Å². The number of sulfone groups is 1. The van der Waals surface area contributed by atoms with Crippen molar-refractivity contribution in [2.24, 2.45) is 0 Å². The Kier molecular flexibility index (Phi) is 8.08. The molecule has 0 aliphatic carbocycles. The fourth-order valence-corrected chi connectivity index (χ4v) is 4.12. The minimum Gasteiger partial charge on any atom is -0.465 e. The highest BCUT2D eigenvalue weighted by molar-refractivity contribution is 7.91. The first-order valence-electron chi connectivity index (χ1n) is 9.70. The molecular weight excluding hydrogens is 524 g/mol. The number of benzene rings is 2. The first-order valence-corrected chi connectivity index (χ1v) is 11.3. The molecule has 0 heterocycles. The van der Waals surface area contributed by atoms with E-state index >= 15 is 0 Å². The number of nitrogens with zero attached hydrogens (tertiary/aromatic N) is 1. The molecule has 196 valence electrons. The fourth-order valence-electron chi connectivity index (χ4n) is 3.01. The van der Waals surface area contributed by atoms with Gasteiger partial charge in [-0.1, -0.05) is 6.92 Å². The van der Waals surface area contributed by atoms with Gasteiger partial charge >= 0.3 is 18.5 Å². The molecule has 2 aromatic carbocycles. The van der Waals surface area contributed by atoms with Crippen LogP contribution < -0.4 is 9.64 Å². The van der Waals surface area contributed by atoms with Crippen molar-refractivity contribution in [2.75, 3.05) is 17.8 Å². The summed E-state index contributed by atoms with van der Waals surface area (Å²) in [5.41, 5.74) is -3.61. The normalized spacial score (nSPS) is 12.1. The maximum Gasteiger partial charge on any atom is 0.573 e. The highest BCUT2D eigenvalue weighted by Gasteiger charge is 2.36. The van der Waals surface area contributed by atoms with Crippen molar-refractivity contribution in [1.82, 2.24) is 0 Å². The van der Waals surface area contributed by atoms with Crippen molar-refractivity contribution in [3.63, 3.8) is 0 Å². The van der Waals surface area contributed by atoms with Crippen LogP contribution in [0.3, 0.4) is 0 Å². The number of ether oxygens (including phenoxy) is 2. The van der Waals surface area contributed by atoms with Gasteiger partial charge in [-0.3, -0.25) is 9.59 Å². The topological polar surface area (TPSA) is 107 Å². The van der Waals surface area contributed by atoms with E-state index in [-0.39, 0.29) is 11.0 Å². The predicted molar refractivity (Wildman–Crippen MR) is 111 cm³/mol. The maximum absolute atomic E-state index is 13.3. The Hall–Kier alpha value is -3.62. The van der Waals surface area contributed by atoms with E-state index in [1.165, 1.54) is 0 Å². The van der Waals surface area contributed by atoms with Crippen molar-refractivity contribution in [3.8, 4) is 5.75 Å². The molecular formula is C21H17F6NO7S. The molecule has 0 atom stereocenters. The van der Waals surface area contributed by atoms with Crippen LogP contribution in [0.4, 0.5) is 32.0 Å². The number of carbonyl (C=O) groups excluding carboxylic acids is 3. The Morgan fingerprint density at radius 2 is 1.56 bits per heavy atom. The number of carbonyl (C=O) groups is 3. The van der Waals surface area contributed by atoms with Gasteiger partial charge in [-0.2, -0.15) is 13.2 Å². The lowest BCUT2D eigenvalue weighted by Gasteiger charge is -2.23. The van der Waals surface area contributed by atoms with E-state index in [2.05, 4.69) is 9.47 Å². The van der Waals surface area contributed by atoms with Gasteiger partial charge in [0.15, 0.2) is 9.84 Å². The number of rotatable bonds is 6. The monoisotopic (exact) mass is 541 g/mol. The Labute approximate surface area is 200 Å². The molecule has 0 aliphatic rings. The van der Waals surface area contributed by atoms with Crippen molar-refractivity contribution in [1.29, 1.82) is 0 Å². The van der Waals surface area contributed by atoms with Crippen LogP contribution in [0.25, 0.3) is 0 Å². The highest BCUT2D eigenvalue weighted by Crippen LogP contribution is 2.35. The zero-order valence-corrected chi connectivity index (χ0v) is 19.5. The minimum absolute atomic E-state index is 0.223. The molecule has 2 aromatic rings. The largest absolute Gasteiger partial charge is 0.573 e. The standard InChI is InChI=1S/C21H17F6NO7S/c1-4-36(32,33)17-9-12(20(22,23)24)5-7-14(17)18(30)28(11(2)29)16-8-6-13(35-21(25,26)27)10-15(16)19(31)34-3/h5-10H,4H2,1-3H3. The molecule has 15 heteroatoms. The molecule has 0 saturated carbocycles. The SMILES string of the molecule is CCS(=O)(=O)c1cc(C(F)(F)F)ccc1C(=O)N(C(C)=O)c1ccc(OC(F)(F)F)cc1C(=O)OC. The van der Waals surface area contributed by atoms with E-state index < -0.39 is 78.9 Å². The summed E-state index contributed by atoms with van der Waals surface area (Å²) in [7, 11) is -3.60. The first kappa shape index (κ1) is 28.6. The summed E-state index contributed by atoms with van der Waals surface area (Å²) < 4.78 is 111. The second-order valence-electron chi connectivity index (χ2n) is 6.99. The van der Waals surface area contributed by atoms with Gasteiger partial charge in [0, 0.05) is 6.92 Å². The lowest BCUT2D eigenvalue weighted by molar-refractivity contribution is -0.274. The smallest absolute Gasteiger partial charge is 0.465 e. The number of hydrogen-bond acceptors (Lipinski definition) is 7. The van der Waals surface area contributed by atoms with Crippen molar-refractivity contribution in [2.45, 2.75) is 31.3 Å². The number of anilines is 1. The summed E-state index contributed by atoms with van der Waals surface area (Å²) in [6, 6.07) is 3.10. The molecule has 0 bridgehead atoms. The third kappa shape index (κ3) is 6.33. The van der Waals surface area contributed by atoms with E-state index in [0.717, 1.165) is 27.0 Å². The predicted octanol–water partition coefficient (Wildman–Crippen LogP) is 4.38. The Bertz CT molecular complexity index is 1300. The summed E-state index contributed by atoms with van der Waals surface area (Å²) in [5, 5.41) is 0. The van der Waals surface area contributed by atoms with Gasteiger partial charge < -0.3 is 9.47 Å². The second-order valence-corrected chi connectivity index (χ2v) is 9.24. The number of imide groups is 1. The number of amides is 2. The average Bonchev–Trinajstić information content (AvgIpc) is 2.77. The van der Waals surface area contributed by atoms with E-state index in [9.17, 15) is 49.1 Å². The van der Waals surface area contributed by atoms with Crippen LogP contribution in [0.15, 0.2) is 41.3 Å². The Morgan fingerprint density at radius 3 is 2.03 bits per heavy atom. The second kappa shape index (κ2) is 10.2. The highest BCUT2D eigenvalue weighted by atomic mass is 32.2. The fraction of sp³-hybridized carbons (Fsp3) is 0.286. The quantitative estimate of drug-likeness (QED) is 0.395. The molecule has 0 spiro atoms. The van der Waals surface area contributed by atoms with Gasteiger partial charge in [-0.05, 0) is 36.4 Å². The lowest BCUT2D eigenvalue weighted by Crippen LogP contribution is -2.37. The van der Waals surface area contributed by atoms with Crippen molar-refractivity contribution < 1.29 is 58.6 Å². The third-order valence-electron chi connectivity index (χ3n) is 4.62. The van der Waals surface area contributed by atoms with E-state index in [1.54, 1.807) is 0 Å². The zero-order chi connectivity index (χ0) is 27.6. The summed E-state index contributed by atoms with van der Waals surface area (Å²) in [6.45, 7) is 1.92. The lowest BCUT2D eigenvalue weighted by atomic mass is 10.1. The number of methoxy groups -OCH3 is 1. The van der Waals surface area contributed by atoms with Gasteiger partial charge in [0.05, 0.1) is 40.1 Å². The van der Waals surface area contributed by atoms with Gasteiger partial charge in [0.2, 0.25) is 5.91 Å². The number of alkyl halides is 6. The van der Waals surface area contributed by atoms with E-state index in [4.69, 9.17) is 0 Å². The van der Waals surface area contributed by atoms with Crippen LogP contribution >= 0.6 is 0 Å². The molecule has 0 saturated heterocycles. The van der Waals surface area contributed by atoms with Crippen LogP contribution in [0, 0.1) is 0 Å². The Morgan fingerprint density at radius 1 is 0.944 bits per heavy atom. The number of halogens is 6. The summed E-state index contributed by atoms with van der Waals surface area (Å²) in [4.78, 5) is 37.1. The molecule has 0 aromatic heterocycles. The van der Waals surface area contributed by atoms with Crippen LogP contribution in [0.2, 0.25) is 0 Å². The number of esters is 1. The van der Waals surface area contributed by atoms with Gasteiger partial charge in [0.1, 0.15) is 5.75 Å². The van der Waals surface area contributed by atoms with E-state index in [0.29, 0.717) is 24.3 Å². The first-order chi connectivity index (χ1) is 16.4. The minimum atomic E-state index is -5.16.